The molecule has 0 atom stereocenters. The van der Waals surface area contributed by atoms with Crippen molar-refractivity contribution in [2.24, 2.45) is 0 Å². The van der Waals surface area contributed by atoms with E-state index in [4.69, 9.17) is 27.9 Å². The van der Waals surface area contributed by atoms with Crippen LogP contribution in [-0.2, 0) is 16.0 Å². The van der Waals surface area contributed by atoms with Crippen molar-refractivity contribution in [3.05, 3.63) is 52.0 Å². The van der Waals surface area contributed by atoms with Crippen LogP contribution in [0.25, 0.3) is 0 Å². The fraction of sp³-hybridized carbons (Fsp3) is 0.222. The van der Waals surface area contributed by atoms with E-state index in [1.807, 2.05) is 12.1 Å². The molecule has 2 aromatic carbocycles. The number of benzene rings is 2. The molecule has 3 rings (SSSR count). The maximum Gasteiger partial charge on any atom is 0.262 e. The Balaban J connectivity index is 1.62. The first-order valence-corrected chi connectivity index (χ1v) is 8.47. The molecule has 0 fully saturated rings. The smallest absolute Gasteiger partial charge is 0.262 e. The largest absolute Gasteiger partial charge is 0.482 e. The molecular weight excluding hydrogens is 363 g/mol. The van der Waals surface area contributed by atoms with Crippen molar-refractivity contribution in [2.75, 3.05) is 23.9 Å². The van der Waals surface area contributed by atoms with Crippen molar-refractivity contribution >= 4 is 46.4 Å². The van der Waals surface area contributed by atoms with Gasteiger partial charge < -0.3 is 15.0 Å². The summed E-state index contributed by atoms with van der Waals surface area (Å²) >= 11 is 11.8. The number of rotatable bonds is 4. The second-order valence-electron chi connectivity index (χ2n) is 5.71. The molecule has 1 N–H and O–H groups in total. The molecule has 1 aliphatic rings. The first kappa shape index (κ1) is 17.6. The second kappa shape index (κ2) is 7.33. The molecule has 0 saturated carbocycles. The lowest BCUT2D eigenvalue weighted by atomic mass is 10.0. The maximum absolute atomic E-state index is 12.1. The highest BCUT2D eigenvalue weighted by molar-refractivity contribution is 6.35. The van der Waals surface area contributed by atoms with Gasteiger partial charge >= 0.3 is 0 Å². The molecule has 2 aromatic rings. The molecule has 0 aromatic heterocycles. The molecular formula is C18H16Cl2N2O3. The van der Waals surface area contributed by atoms with Crippen LogP contribution in [0.2, 0.25) is 10.0 Å². The van der Waals surface area contributed by atoms with Gasteiger partial charge in [-0.05, 0) is 48.4 Å². The number of anilines is 2. The lowest BCUT2D eigenvalue weighted by Crippen LogP contribution is -2.31. The van der Waals surface area contributed by atoms with Gasteiger partial charge in [0.05, 0.1) is 5.02 Å². The number of carbonyl (C=O) groups is 2. The number of aryl methyl sites for hydroxylation is 1. The third-order valence-electron chi connectivity index (χ3n) is 3.96. The fourth-order valence-electron chi connectivity index (χ4n) is 2.67. The van der Waals surface area contributed by atoms with Crippen LogP contribution in [0.3, 0.4) is 0 Å². The minimum atomic E-state index is -0.300. The zero-order valence-electron chi connectivity index (χ0n) is 13.5. The van der Waals surface area contributed by atoms with Gasteiger partial charge in [-0.15, -0.1) is 0 Å². The summed E-state index contributed by atoms with van der Waals surface area (Å²) in [6.07, 6.45) is 1.14. The van der Waals surface area contributed by atoms with Crippen LogP contribution < -0.4 is 15.0 Å². The van der Waals surface area contributed by atoms with E-state index in [2.05, 4.69) is 5.32 Å². The first-order valence-electron chi connectivity index (χ1n) is 7.71. The predicted molar refractivity (Wildman–Crippen MR) is 98.8 cm³/mol. The van der Waals surface area contributed by atoms with Crippen molar-refractivity contribution in [3.8, 4) is 5.75 Å². The molecule has 0 aliphatic carbocycles. The van der Waals surface area contributed by atoms with Crippen LogP contribution in [-0.4, -0.2) is 25.5 Å². The summed E-state index contributed by atoms with van der Waals surface area (Å²) in [6.45, 7) is -0.170. The van der Waals surface area contributed by atoms with Crippen molar-refractivity contribution < 1.29 is 14.3 Å². The second-order valence-corrected chi connectivity index (χ2v) is 6.55. The molecule has 1 heterocycles. The van der Waals surface area contributed by atoms with Crippen molar-refractivity contribution in [2.45, 2.75) is 12.8 Å². The maximum atomic E-state index is 12.1. The average molecular weight is 379 g/mol. The number of fused-ring (bicyclic) bond motifs is 1. The van der Waals surface area contributed by atoms with Crippen LogP contribution in [0, 0.1) is 0 Å². The topological polar surface area (TPSA) is 58.6 Å². The molecule has 0 saturated heterocycles. The number of hydrogen-bond donors (Lipinski definition) is 1. The summed E-state index contributed by atoms with van der Waals surface area (Å²) in [5.41, 5.74) is 2.57. The van der Waals surface area contributed by atoms with Crippen LogP contribution in [0.5, 0.6) is 5.75 Å². The zero-order chi connectivity index (χ0) is 18.0. The van der Waals surface area contributed by atoms with Gasteiger partial charge in [0.15, 0.2) is 6.61 Å². The third kappa shape index (κ3) is 4.06. The van der Waals surface area contributed by atoms with Crippen LogP contribution in [0.4, 0.5) is 11.4 Å². The molecule has 0 radical (unpaired) electrons. The summed E-state index contributed by atoms with van der Waals surface area (Å²) in [4.78, 5) is 25.4. The van der Waals surface area contributed by atoms with Gasteiger partial charge in [0.25, 0.3) is 5.91 Å². The highest BCUT2D eigenvalue weighted by Gasteiger charge is 2.21. The molecule has 2 amide bonds. The van der Waals surface area contributed by atoms with Crippen molar-refractivity contribution in [1.82, 2.24) is 0 Å². The van der Waals surface area contributed by atoms with Crippen LogP contribution >= 0.6 is 23.2 Å². The zero-order valence-corrected chi connectivity index (χ0v) is 15.0. The highest BCUT2D eigenvalue weighted by Crippen LogP contribution is 2.29. The quantitative estimate of drug-likeness (QED) is 0.876. The molecule has 7 heteroatoms. The van der Waals surface area contributed by atoms with E-state index >= 15 is 0 Å². The summed E-state index contributed by atoms with van der Waals surface area (Å²) in [6, 6.07) is 10.3. The fourth-order valence-corrected chi connectivity index (χ4v) is 3.13. The van der Waals surface area contributed by atoms with Gasteiger partial charge in [0.1, 0.15) is 5.75 Å². The molecule has 130 valence electrons. The molecule has 1 aliphatic heterocycles. The average Bonchev–Trinajstić information content (AvgIpc) is 2.57. The summed E-state index contributed by atoms with van der Waals surface area (Å²) < 4.78 is 5.41. The number of nitrogens with one attached hydrogen (secondary N) is 1. The Morgan fingerprint density at radius 3 is 2.76 bits per heavy atom. The third-order valence-corrected chi connectivity index (χ3v) is 4.49. The summed E-state index contributed by atoms with van der Waals surface area (Å²) in [5, 5.41) is 3.63. The minimum Gasteiger partial charge on any atom is -0.482 e. The Kier molecular flexibility index (Phi) is 5.16. The Hall–Kier alpha value is -2.24. The Morgan fingerprint density at radius 1 is 1.20 bits per heavy atom. The van der Waals surface area contributed by atoms with Gasteiger partial charge in [-0.25, -0.2) is 0 Å². The molecule has 0 spiro atoms. The van der Waals surface area contributed by atoms with Crippen molar-refractivity contribution in [1.29, 1.82) is 0 Å². The standard InChI is InChI=1S/C18H16Cl2N2O3/c1-22-15-5-4-13(8-11(15)2-7-18(22)24)21-17(23)10-25-16-6-3-12(19)9-14(16)20/h3-6,8-9H,2,7,10H2,1H3,(H,21,23). The number of halogens is 2. The van der Waals surface area contributed by atoms with E-state index in [1.165, 1.54) is 0 Å². The van der Waals surface area contributed by atoms with Gasteiger partial charge in [-0.2, -0.15) is 0 Å². The van der Waals surface area contributed by atoms with Crippen LogP contribution in [0.1, 0.15) is 12.0 Å². The van der Waals surface area contributed by atoms with Gasteiger partial charge in [-0.3, -0.25) is 9.59 Å². The normalized spacial score (nSPS) is 13.4. The molecule has 25 heavy (non-hydrogen) atoms. The number of ether oxygens (including phenoxy) is 1. The van der Waals surface area contributed by atoms with E-state index in [0.29, 0.717) is 34.3 Å². The van der Waals surface area contributed by atoms with Crippen molar-refractivity contribution in [3.63, 3.8) is 0 Å². The number of carbonyl (C=O) groups excluding carboxylic acids is 2. The van der Waals surface area contributed by atoms with Gasteiger partial charge in [0.2, 0.25) is 5.91 Å². The lowest BCUT2D eigenvalue weighted by Gasteiger charge is -2.26. The first-order chi connectivity index (χ1) is 11.9. The Labute approximate surface area is 155 Å². The van der Waals surface area contributed by atoms with E-state index in [9.17, 15) is 9.59 Å². The monoisotopic (exact) mass is 378 g/mol. The minimum absolute atomic E-state index is 0.0949. The van der Waals surface area contributed by atoms with E-state index in [1.54, 1.807) is 36.2 Å². The van der Waals surface area contributed by atoms with Gasteiger partial charge in [-0.1, -0.05) is 23.2 Å². The molecule has 5 nitrogen and oxygen atoms in total. The predicted octanol–water partition coefficient (Wildman–Crippen LogP) is 3.92. The SMILES string of the molecule is CN1C(=O)CCc2cc(NC(=O)COc3ccc(Cl)cc3Cl)ccc21. The highest BCUT2D eigenvalue weighted by atomic mass is 35.5. The Morgan fingerprint density at radius 2 is 2.00 bits per heavy atom. The lowest BCUT2D eigenvalue weighted by molar-refractivity contribution is -0.119. The summed E-state index contributed by atoms with van der Waals surface area (Å²) in [5.74, 6) is 0.190. The summed E-state index contributed by atoms with van der Waals surface area (Å²) in [7, 11) is 1.75. The van der Waals surface area contributed by atoms with E-state index < -0.39 is 0 Å². The Bertz CT molecular complexity index is 839. The number of hydrogen-bond acceptors (Lipinski definition) is 3. The molecule has 0 bridgehead atoms. The molecule has 0 unspecified atom stereocenters. The van der Waals surface area contributed by atoms with E-state index in [-0.39, 0.29) is 18.4 Å². The van der Waals surface area contributed by atoms with Crippen LogP contribution in [0.15, 0.2) is 36.4 Å². The number of amides is 2. The number of nitrogens with zero attached hydrogens (tertiary/aromatic N) is 1. The van der Waals surface area contributed by atoms with Gasteiger partial charge in [0, 0.05) is 29.9 Å². The van der Waals surface area contributed by atoms with E-state index in [0.717, 1.165) is 11.3 Å².